The van der Waals surface area contributed by atoms with Crippen LogP contribution in [-0.4, -0.2) is 34.9 Å². The molecule has 2 heterocycles. The molecule has 7 heteroatoms. The maximum absolute atomic E-state index is 13.2. The van der Waals surface area contributed by atoms with E-state index in [4.69, 9.17) is 4.74 Å². The maximum Gasteiger partial charge on any atom is 0.248 e. The summed E-state index contributed by atoms with van der Waals surface area (Å²) in [6, 6.07) is 9.91. The minimum absolute atomic E-state index is 0. The highest BCUT2D eigenvalue weighted by atomic mass is 35.5. The monoisotopic (exact) mass is 404 g/mol. The zero-order chi connectivity index (χ0) is 18.5. The predicted octanol–water partition coefficient (Wildman–Crippen LogP) is 3.02. The van der Waals surface area contributed by atoms with Crippen molar-refractivity contribution < 1.29 is 9.53 Å². The lowest BCUT2D eigenvalue weighted by molar-refractivity contribution is -0.132. The van der Waals surface area contributed by atoms with E-state index >= 15 is 0 Å². The molecule has 2 aromatic rings. The summed E-state index contributed by atoms with van der Waals surface area (Å²) < 4.78 is 8.03. The van der Waals surface area contributed by atoms with Crippen molar-refractivity contribution in [3.05, 3.63) is 48.3 Å². The van der Waals surface area contributed by atoms with Crippen LogP contribution in [0.2, 0.25) is 0 Å². The number of halogens is 1. The van der Waals surface area contributed by atoms with Crippen LogP contribution in [0, 0.1) is 0 Å². The number of aromatic nitrogens is 2. The molecule has 1 aliphatic carbocycles. The smallest absolute Gasteiger partial charge is 0.248 e. The van der Waals surface area contributed by atoms with E-state index < -0.39 is 5.54 Å². The van der Waals surface area contributed by atoms with E-state index in [1.165, 1.54) is 12.8 Å². The van der Waals surface area contributed by atoms with Crippen LogP contribution < -0.4 is 15.4 Å². The zero-order valence-corrected chi connectivity index (χ0v) is 16.9. The number of benzene rings is 1. The molecule has 2 N–H and O–H groups in total. The van der Waals surface area contributed by atoms with Gasteiger partial charge in [0.2, 0.25) is 5.91 Å². The van der Waals surface area contributed by atoms with Crippen molar-refractivity contribution in [1.82, 2.24) is 20.4 Å². The van der Waals surface area contributed by atoms with Gasteiger partial charge >= 0.3 is 0 Å². The quantitative estimate of drug-likeness (QED) is 0.776. The molecule has 0 atom stereocenters. The van der Waals surface area contributed by atoms with Crippen molar-refractivity contribution in [2.45, 2.75) is 56.7 Å². The van der Waals surface area contributed by atoms with Crippen molar-refractivity contribution in [2.75, 3.05) is 13.1 Å². The lowest BCUT2D eigenvalue weighted by Gasteiger charge is -2.36. The van der Waals surface area contributed by atoms with Crippen LogP contribution in [0.15, 0.2) is 42.7 Å². The second-order valence-electron chi connectivity index (χ2n) is 7.55. The minimum Gasteiger partial charge on any atom is -0.490 e. The molecule has 152 valence electrons. The number of hydrogen-bond acceptors (Lipinski definition) is 4. The zero-order valence-electron chi connectivity index (χ0n) is 16.1. The standard InChI is InChI=1S/C21H28N4O2.ClH/c26-20(21(10-13-22-14-11-21)25-15-5-12-24-25)23-16-17-6-1-4-9-19(17)27-18-7-2-3-8-18;/h1,4-6,9,12,15,18,22H,2-3,7-8,10-11,13-14,16H2,(H,23,26);1H. The van der Waals surface area contributed by atoms with E-state index in [-0.39, 0.29) is 18.3 Å². The summed E-state index contributed by atoms with van der Waals surface area (Å²) in [5.74, 6) is 0.923. The molecule has 4 rings (SSSR count). The Morgan fingerprint density at radius 1 is 1.21 bits per heavy atom. The Morgan fingerprint density at radius 3 is 2.68 bits per heavy atom. The first-order valence-electron chi connectivity index (χ1n) is 10.0. The summed E-state index contributed by atoms with van der Waals surface area (Å²) in [6.45, 7) is 2.10. The highest BCUT2D eigenvalue weighted by Gasteiger charge is 2.41. The van der Waals surface area contributed by atoms with Crippen LogP contribution >= 0.6 is 12.4 Å². The van der Waals surface area contributed by atoms with Crippen molar-refractivity contribution in [1.29, 1.82) is 0 Å². The van der Waals surface area contributed by atoms with Gasteiger partial charge < -0.3 is 15.4 Å². The number of para-hydroxylation sites is 1. The van der Waals surface area contributed by atoms with Gasteiger partial charge in [0.1, 0.15) is 11.3 Å². The average molecular weight is 405 g/mol. The molecule has 0 radical (unpaired) electrons. The Morgan fingerprint density at radius 2 is 1.96 bits per heavy atom. The fourth-order valence-electron chi connectivity index (χ4n) is 4.21. The Kier molecular flexibility index (Phi) is 6.97. The summed E-state index contributed by atoms with van der Waals surface area (Å²) >= 11 is 0. The number of rotatable bonds is 6. The lowest BCUT2D eigenvalue weighted by atomic mass is 9.87. The Bertz CT molecular complexity index is 754. The topological polar surface area (TPSA) is 68.2 Å². The van der Waals surface area contributed by atoms with Gasteiger partial charge in [-0.15, -0.1) is 12.4 Å². The Hall–Kier alpha value is -2.05. The predicted molar refractivity (Wildman–Crippen MR) is 111 cm³/mol. The van der Waals surface area contributed by atoms with Crippen molar-refractivity contribution in [3.63, 3.8) is 0 Å². The summed E-state index contributed by atoms with van der Waals surface area (Å²) in [7, 11) is 0. The lowest BCUT2D eigenvalue weighted by Crippen LogP contribution is -2.54. The molecule has 0 bridgehead atoms. The highest BCUT2D eigenvalue weighted by Crippen LogP contribution is 2.29. The Balaban J connectivity index is 0.00000225. The number of carbonyl (C=O) groups is 1. The first kappa shape index (κ1) is 20.7. The van der Waals surface area contributed by atoms with Crippen LogP contribution in [0.3, 0.4) is 0 Å². The number of nitrogens with zero attached hydrogens (tertiary/aromatic N) is 2. The number of amides is 1. The van der Waals surface area contributed by atoms with E-state index in [2.05, 4.69) is 15.7 Å². The third kappa shape index (κ3) is 4.33. The molecule has 6 nitrogen and oxygen atoms in total. The van der Waals surface area contributed by atoms with Gasteiger partial charge in [-0.05, 0) is 63.7 Å². The van der Waals surface area contributed by atoms with Gasteiger partial charge in [0.25, 0.3) is 0 Å². The first-order chi connectivity index (χ1) is 13.3. The number of carbonyl (C=O) groups excluding carboxylic acids is 1. The SMILES string of the molecule is Cl.O=C(NCc1ccccc1OC1CCCC1)C1(n2cccn2)CCNCC1. The summed E-state index contributed by atoms with van der Waals surface area (Å²) in [4.78, 5) is 13.2. The molecule has 1 aliphatic heterocycles. The first-order valence-corrected chi connectivity index (χ1v) is 10.0. The summed E-state index contributed by atoms with van der Waals surface area (Å²) in [6.07, 6.45) is 10.1. The van der Waals surface area contributed by atoms with Crippen LogP contribution in [0.25, 0.3) is 0 Å². The third-order valence-electron chi connectivity index (χ3n) is 5.80. The normalized spacial score (nSPS) is 19.0. The molecule has 0 unspecified atom stereocenters. The van der Waals surface area contributed by atoms with Gasteiger partial charge in [0.15, 0.2) is 0 Å². The van der Waals surface area contributed by atoms with Crippen LogP contribution in [0.1, 0.15) is 44.1 Å². The molecule has 1 saturated heterocycles. The van der Waals surface area contributed by atoms with E-state index in [1.54, 1.807) is 6.20 Å². The molecular weight excluding hydrogens is 376 g/mol. The number of nitrogens with one attached hydrogen (secondary N) is 2. The van der Waals surface area contributed by atoms with E-state index in [9.17, 15) is 4.79 Å². The second-order valence-corrected chi connectivity index (χ2v) is 7.55. The van der Waals surface area contributed by atoms with E-state index in [0.29, 0.717) is 12.6 Å². The molecule has 1 amide bonds. The fraction of sp³-hybridized carbons (Fsp3) is 0.524. The number of hydrogen-bond donors (Lipinski definition) is 2. The summed E-state index contributed by atoms with van der Waals surface area (Å²) in [5.41, 5.74) is 0.415. The van der Waals surface area contributed by atoms with Crippen molar-refractivity contribution in [3.8, 4) is 5.75 Å². The summed E-state index contributed by atoms with van der Waals surface area (Å²) in [5, 5.41) is 10.9. The van der Waals surface area contributed by atoms with Crippen LogP contribution in [0.4, 0.5) is 0 Å². The molecule has 2 aliphatic rings. The molecular formula is C21H29ClN4O2. The number of piperidine rings is 1. The van der Waals surface area contributed by atoms with Gasteiger partial charge in [0, 0.05) is 24.5 Å². The van der Waals surface area contributed by atoms with Crippen molar-refractivity contribution >= 4 is 18.3 Å². The average Bonchev–Trinajstić information content (AvgIpc) is 3.42. The molecule has 28 heavy (non-hydrogen) atoms. The maximum atomic E-state index is 13.2. The molecule has 1 aromatic heterocycles. The molecule has 1 saturated carbocycles. The third-order valence-corrected chi connectivity index (χ3v) is 5.80. The van der Waals surface area contributed by atoms with Crippen LogP contribution in [-0.2, 0) is 16.9 Å². The van der Waals surface area contributed by atoms with Gasteiger partial charge in [-0.1, -0.05) is 18.2 Å². The Labute approximate surface area is 172 Å². The van der Waals surface area contributed by atoms with Gasteiger partial charge in [-0.25, -0.2) is 0 Å². The van der Waals surface area contributed by atoms with Gasteiger partial charge in [-0.3, -0.25) is 9.48 Å². The van der Waals surface area contributed by atoms with Gasteiger partial charge in [0.05, 0.1) is 6.10 Å². The minimum atomic E-state index is -0.615. The second kappa shape index (κ2) is 9.43. The number of ether oxygens (including phenoxy) is 1. The fourth-order valence-corrected chi connectivity index (χ4v) is 4.21. The highest BCUT2D eigenvalue weighted by molar-refractivity contribution is 5.85. The van der Waals surface area contributed by atoms with E-state index in [0.717, 1.165) is 50.1 Å². The molecule has 0 spiro atoms. The van der Waals surface area contributed by atoms with Gasteiger partial charge in [-0.2, -0.15) is 5.10 Å². The molecule has 2 fully saturated rings. The largest absolute Gasteiger partial charge is 0.490 e. The van der Waals surface area contributed by atoms with Crippen LogP contribution in [0.5, 0.6) is 5.75 Å². The molecule has 1 aromatic carbocycles. The van der Waals surface area contributed by atoms with Crippen molar-refractivity contribution in [2.24, 2.45) is 0 Å². The van der Waals surface area contributed by atoms with E-state index in [1.807, 2.05) is 41.2 Å².